The second-order valence-corrected chi connectivity index (χ2v) is 13.0. The smallest absolute Gasteiger partial charge is 0.339 e. The number of rotatable bonds is 15. The van der Waals surface area contributed by atoms with Crippen LogP contribution >= 0.6 is 0 Å². The molecular formula is C20H35FN2O6Si. The van der Waals surface area contributed by atoms with Gasteiger partial charge >= 0.3 is 5.97 Å². The summed E-state index contributed by atoms with van der Waals surface area (Å²) in [7, 11) is -1.72. The van der Waals surface area contributed by atoms with Crippen LogP contribution in [0, 0.1) is 5.95 Å². The van der Waals surface area contributed by atoms with Crippen LogP contribution in [0.25, 0.3) is 0 Å². The molecule has 0 aromatic carbocycles. The summed E-state index contributed by atoms with van der Waals surface area (Å²) >= 11 is 0. The van der Waals surface area contributed by atoms with Gasteiger partial charge in [-0.3, -0.25) is 0 Å². The Bertz CT molecular complexity index is 655. The third-order valence-electron chi connectivity index (χ3n) is 4.87. The van der Waals surface area contributed by atoms with Crippen LogP contribution in [-0.4, -0.2) is 77.2 Å². The number of carbonyl (C=O) groups is 1. The van der Waals surface area contributed by atoms with Gasteiger partial charge in [0.15, 0.2) is 8.32 Å². The predicted octanol–water partition coefficient (Wildman–Crippen LogP) is 3.40. The fourth-order valence-corrected chi connectivity index (χ4v) is 3.13. The van der Waals surface area contributed by atoms with Crippen LogP contribution in [0.15, 0.2) is 12.1 Å². The summed E-state index contributed by atoms with van der Waals surface area (Å²) in [5, 5.41) is 12.0. The van der Waals surface area contributed by atoms with Crippen molar-refractivity contribution in [2.45, 2.75) is 38.9 Å². The average molecular weight is 447 g/mol. The molecule has 0 radical (unpaired) electrons. The second kappa shape index (κ2) is 13.0. The average Bonchev–Trinajstić information content (AvgIpc) is 2.64. The largest absolute Gasteiger partial charge is 0.478 e. The van der Waals surface area contributed by atoms with E-state index in [4.69, 9.17) is 23.7 Å². The minimum atomic E-state index is -1.72. The summed E-state index contributed by atoms with van der Waals surface area (Å²) in [6, 6.07) is 2.18. The molecule has 0 aliphatic heterocycles. The van der Waals surface area contributed by atoms with E-state index in [9.17, 15) is 9.18 Å². The number of aromatic carboxylic acids is 1. The van der Waals surface area contributed by atoms with Crippen LogP contribution in [0.3, 0.4) is 0 Å². The SMILES string of the molecule is CC(C)(C)[Si](C)(C)OCCOCCOCCOCCNc1nc(F)ccc1C(=O)O. The number of nitrogens with one attached hydrogen (secondary N) is 1. The van der Waals surface area contributed by atoms with Gasteiger partial charge in [-0.2, -0.15) is 4.39 Å². The predicted molar refractivity (Wildman–Crippen MR) is 115 cm³/mol. The lowest BCUT2D eigenvalue weighted by atomic mass is 10.2. The number of carboxylic acid groups (broad SMARTS) is 1. The van der Waals surface area contributed by atoms with E-state index in [0.29, 0.717) is 52.8 Å². The summed E-state index contributed by atoms with van der Waals surface area (Å²) in [5.74, 6) is -1.93. The first kappa shape index (κ1) is 26.4. The zero-order chi connectivity index (χ0) is 22.6. The molecule has 0 saturated heterocycles. The molecule has 10 heteroatoms. The van der Waals surface area contributed by atoms with Gasteiger partial charge in [0.1, 0.15) is 11.4 Å². The van der Waals surface area contributed by atoms with Crippen molar-refractivity contribution in [2.75, 3.05) is 58.1 Å². The Kier molecular flexibility index (Phi) is 11.4. The van der Waals surface area contributed by atoms with Crippen molar-refractivity contribution in [3.63, 3.8) is 0 Å². The minimum absolute atomic E-state index is 0.0166. The summed E-state index contributed by atoms with van der Waals surface area (Å²) in [6.07, 6.45) is 0. The minimum Gasteiger partial charge on any atom is -0.478 e. The van der Waals surface area contributed by atoms with E-state index in [1.165, 1.54) is 6.07 Å². The highest BCUT2D eigenvalue weighted by atomic mass is 28.4. The standard InChI is InChI=1S/C20H35FN2O6Si/c1-20(2,3)30(4,5)29-15-14-28-13-12-27-11-10-26-9-8-22-18-16(19(24)25)6-7-17(21)23-18/h6-7H,8-15H2,1-5H3,(H,22,23)(H,24,25). The van der Waals surface area contributed by atoms with Crippen LogP contribution in [0.5, 0.6) is 0 Å². The highest BCUT2D eigenvalue weighted by molar-refractivity contribution is 6.74. The van der Waals surface area contributed by atoms with Gasteiger partial charge in [-0.25, -0.2) is 9.78 Å². The van der Waals surface area contributed by atoms with Crippen molar-refractivity contribution in [3.05, 3.63) is 23.6 Å². The first-order valence-corrected chi connectivity index (χ1v) is 13.0. The molecule has 30 heavy (non-hydrogen) atoms. The van der Waals surface area contributed by atoms with E-state index in [1.54, 1.807) is 0 Å². The van der Waals surface area contributed by atoms with Crippen molar-refractivity contribution in [2.24, 2.45) is 0 Å². The summed E-state index contributed by atoms with van der Waals surface area (Å²) < 4.78 is 35.5. The summed E-state index contributed by atoms with van der Waals surface area (Å²) in [5.41, 5.74) is -0.0885. The molecule has 0 saturated carbocycles. The Balaban J connectivity index is 2.00. The number of pyridine rings is 1. The molecule has 0 amide bonds. The maximum atomic E-state index is 13.1. The van der Waals surface area contributed by atoms with Gasteiger partial charge < -0.3 is 29.1 Å². The lowest BCUT2D eigenvalue weighted by molar-refractivity contribution is 0.0101. The molecule has 1 rings (SSSR count). The molecule has 0 spiro atoms. The van der Waals surface area contributed by atoms with E-state index in [2.05, 4.69) is 44.2 Å². The van der Waals surface area contributed by atoms with Gasteiger partial charge in [-0.15, -0.1) is 0 Å². The first-order chi connectivity index (χ1) is 14.0. The third-order valence-corrected chi connectivity index (χ3v) is 9.41. The van der Waals surface area contributed by atoms with Gasteiger partial charge in [0.2, 0.25) is 5.95 Å². The fraction of sp³-hybridized carbons (Fsp3) is 0.700. The zero-order valence-electron chi connectivity index (χ0n) is 18.6. The fourth-order valence-electron chi connectivity index (χ4n) is 2.10. The van der Waals surface area contributed by atoms with E-state index in [0.717, 1.165) is 6.07 Å². The van der Waals surface area contributed by atoms with Crippen molar-refractivity contribution in [1.82, 2.24) is 4.98 Å². The monoisotopic (exact) mass is 446 g/mol. The number of aromatic nitrogens is 1. The van der Waals surface area contributed by atoms with Crippen LogP contribution in [-0.2, 0) is 18.6 Å². The molecule has 0 bridgehead atoms. The topological polar surface area (TPSA) is 99.1 Å². The second-order valence-electron chi connectivity index (χ2n) is 8.21. The number of hydrogen-bond acceptors (Lipinski definition) is 7. The highest BCUT2D eigenvalue weighted by Crippen LogP contribution is 2.36. The summed E-state index contributed by atoms with van der Waals surface area (Å²) in [4.78, 5) is 14.6. The van der Waals surface area contributed by atoms with Crippen LogP contribution in [0.2, 0.25) is 18.1 Å². The third kappa shape index (κ3) is 9.94. The molecule has 2 N–H and O–H groups in total. The van der Waals surface area contributed by atoms with Crippen molar-refractivity contribution in [1.29, 1.82) is 0 Å². The lowest BCUT2D eigenvalue weighted by Crippen LogP contribution is -2.41. The Morgan fingerprint density at radius 2 is 1.57 bits per heavy atom. The number of carboxylic acids is 1. The van der Waals surface area contributed by atoms with Crippen LogP contribution in [0.4, 0.5) is 10.2 Å². The van der Waals surface area contributed by atoms with Crippen LogP contribution < -0.4 is 5.32 Å². The van der Waals surface area contributed by atoms with E-state index in [1.807, 2.05) is 0 Å². The molecule has 0 aliphatic carbocycles. The summed E-state index contributed by atoms with van der Waals surface area (Å²) in [6.45, 7) is 14.6. The molecule has 1 aromatic heterocycles. The van der Waals surface area contributed by atoms with Gasteiger partial charge in [-0.05, 0) is 30.3 Å². The number of halogens is 1. The van der Waals surface area contributed by atoms with Crippen molar-refractivity contribution >= 4 is 20.1 Å². The molecule has 0 unspecified atom stereocenters. The molecule has 1 aromatic rings. The van der Waals surface area contributed by atoms with E-state index < -0.39 is 20.2 Å². The molecule has 0 aliphatic rings. The van der Waals surface area contributed by atoms with Gasteiger partial charge in [-0.1, -0.05) is 20.8 Å². The molecular weight excluding hydrogens is 411 g/mol. The van der Waals surface area contributed by atoms with Gasteiger partial charge in [0, 0.05) is 6.54 Å². The lowest BCUT2D eigenvalue weighted by Gasteiger charge is -2.36. The van der Waals surface area contributed by atoms with Gasteiger partial charge in [0.05, 0.1) is 46.2 Å². The molecule has 0 atom stereocenters. The number of ether oxygens (including phenoxy) is 3. The maximum absolute atomic E-state index is 13.1. The van der Waals surface area contributed by atoms with Gasteiger partial charge in [0.25, 0.3) is 0 Å². The molecule has 8 nitrogen and oxygen atoms in total. The molecule has 172 valence electrons. The van der Waals surface area contributed by atoms with Crippen molar-refractivity contribution < 1.29 is 32.9 Å². The van der Waals surface area contributed by atoms with E-state index in [-0.39, 0.29) is 16.4 Å². The van der Waals surface area contributed by atoms with E-state index >= 15 is 0 Å². The maximum Gasteiger partial charge on any atom is 0.339 e. The van der Waals surface area contributed by atoms with Crippen LogP contribution in [0.1, 0.15) is 31.1 Å². The highest BCUT2D eigenvalue weighted by Gasteiger charge is 2.36. The quantitative estimate of drug-likeness (QED) is 0.240. The Labute approximate surface area is 179 Å². The number of anilines is 1. The molecule has 1 heterocycles. The molecule has 0 fully saturated rings. The number of nitrogens with zero attached hydrogens (tertiary/aromatic N) is 1. The first-order valence-electron chi connectivity index (χ1n) is 10.1. The Hall–Kier alpha value is -1.59. The Morgan fingerprint density at radius 1 is 1.03 bits per heavy atom. The zero-order valence-corrected chi connectivity index (χ0v) is 19.6. The normalized spacial score (nSPS) is 12.2. The number of hydrogen-bond donors (Lipinski definition) is 2. The Morgan fingerprint density at radius 3 is 2.10 bits per heavy atom. The van der Waals surface area contributed by atoms with Crippen molar-refractivity contribution in [3.8, 4) is 0 Å².